The van der Waals surface area contributed by atoms with Crippen LogP contribution in [0.5, 0.6) is 0 Å². The summed E-state index contributed by atoms with van der Waals surface area (Å²) in [6, 6.07) is 0.552. The average molecular weight is 267 g/mol. The van der Waals surface area contributed by atoms with E-state index in [4.69, 9.17) is 0 Å². The monoisotopic (exact) mass is 267 g/mol. The Morgan fingerprint density at radius 2 is 1.74 bits per heavy atom. The van der Waals surface area contributed by atoms with Gasteiger partial charge < -0.3 is 10.2 Å². The van der Waals surface area contributed by atoms with Crippen LogP contribution < -0.4 is 5.32 Å². The Balaban J connectivity index is 1.65. The Morgan fingerprint density at radius 3 is 2.37 bits per heavy atom. The van der Waals surface area contributed by atoms with Crippen LogP contribution in [0.25, 0.3) is 0 Å². The third kappa shape index (κ3) is 5.11. The summed E-state index contributed by atoms with van der Waals surface area (Å²) < 4.78 is 0. The topological polar surface area (TPSA) is 35.6 Å². The summed E-state index contributed by atoms with van der Waals surface area (Å²) >= 11 is 0. The number of likely N-dealkylation sites (N-methyl/N-ethyl adjacent to an activating group) is 1. The number of carbonyl (C=O) groups is 1. The van der Waals surface area contributed by atoms with Gasteiger partial charge in [0.2, 0.25) is 5.91 Å². The Kier molecular flexibility index (Phi) is 6.11. The molecule has 2 rings (SSSR count). The van der Waals surface area contributed by atoms with Gasteiger partial charge in [0.25, 0.3) is 0 Å². The number of nitrogens with one attached hydrogen (secondary N) is 1. The van der Waals surface area contributed by atoms with E-state index in [9.17, 15) is 4.79 Å². The SMILES string of the molecule is CN1CCCC1CNC(=O)CN1CCCCCCC1. The van der Waals surface area contributed by atoms with Gasteiger partial charge in [0.1, 0.15) is 0 Å². The van der Waals surface area contributed by atoms with Crippen LogP contribution in [0.1, 0.15) is 44.9 Å². The predicted molar refractivity (Wildman–Crippen MR) is 78.2 cm³/mol. The molecule has 1 atom stereocenters. The van der Waals surface area contributed by atoms with Gasteiger partial charge in [-0.2, -0.15) is 0 Å². The molecule has 0 aromatic heterocycles. The van der Waals surface area contributed by atoms with Gasteiger partial charge >= 0.3 is 0 Å². The lowest BCUT2D eigenvalue weighted by Crippen LogP contribution is -2.43. The summed E-state index contributed by atoms with van der Waals surface area (Å²) in [6.07, 6.45) is 9.00. The standard InChI is InChI=1S/C15H29N3O/c1-17-9-7-8-14(17)12-16-15(19)13-18-10-5-3-2-4-6-11-18/h14H,2-13H2,1H3,(H,16,19). The van der Waals surface area contributed by atoms with Crippen LogP contribution in [0.2, 0.25) is 0 Å². The molecule has 2 aliphatic rings. The smallest absolute Gasteiger partial charge is 0.234 e. The molecule has 19 heavy (non-hydrogen) atoms. The summed E-state index contributed by atoms with van der Waals surface area (Å²) in [7, 11) is 2.15. The van der Waals surface area contributed by atoms with E-state index in [0.717, 1.165) is 19.6 Å². The third-order valence-electron chi connectivity index (χ3n) is 4.52. The van der Waals surface area contributed by atoms with Crippen LogP contribution in [-0.2, 0) is 4.79 Å². The minimum Gasteiger partial charge on any atom is -0.353 e. The molecule has 1 amide bonds. The lowest BCUT2D eigenvalue weighted by atomic mass is 10.1. The maximum atomic E-state index is 12.0. The van der Waals surface area contributed by atoms with Crippen molar-refractivity contribution in [1.82, 2.24) is 15.1 Å². The molecule has 1 unspecified atom stereocenters. The molecule has 2 aliphatic heterocycles. The second kappa shape index (κ2) is 7.85. The quantitative estimate of drug-likeness (QED) is 0.838. The molecule has 0 aliphatic carbocycles. The van der Waals surface area contributed by atoms with Crippen LogP contribution in [-0.4, -0.2) is 61.5 Å². The van der Waals surface area contributed by atoms with Gasteiger partial charge in [0.05, 0.1) is 6.54 Å². The fourth-order valence-electron chi connectivity index (χ4n) is 3.20. The van der Waals surface area contributed by atoms with Crippen molar-refractivity contribution in [3.63, 3.8) is 0 Å². The zero-order valence-electron chi connectivity index (χ0n) is 12.4. The Hall–Kier alpha value is -0.610. The largest absolute Gasteiger partial charge is 0.353 e. The van der Waals surface area contributed by atoms with E-state index in [2.05, 4.69) is 22.2 Å². The molecule has 0 aromatic carbocycles. The van der Waals surface area contributed by atoms with Gasteiger partial charge in [-0.3, -0.25) is 9.69 Å². The molecule has 110 valence electrons. The third-order valence-corrected chi connectivity index (χ3v) is 4.52. The summed E-state index contributed by atoms with van der Waals surface area (Å²) in [6.45, 7) is 4.78. The van der Waals surface area contributed by atoms with Gasteiger partial charge in [-0.15, -0.1) is 0 Å². The summed E-state index contributed by atoms with van der Waals surface area (Å²) in [5, 5.41) is 3.12. The van der Waals surface area contributed by atoms with Crippen molar-refractivity contribution in [3.05, 3.63) is 0 Å². The van der Waals surface area contributed by atoms with Gasteiger partial charge in [-0.05, 0) is 52.4 Å². The van der Waals surface area contributed by atoms with Crippen LogP contribution in [0.3, 0.4) is 0 Å². The van der Waals surface area contributed by atoms with E-state index >= 15 is 0 Å². The molecule has 2 saturated heterocycles. The second-order valence-corrected chi connectivity index (χ2v) is 6.12. The maximum absolute atomic E-state index is 12.0. The summed E-state index contributed by atoms with van der Waals surface area (Å²) in [5.41, 5.74) is 0. The number of rotatable bonds is 4. The lowest BCUT2D eigenvalue weighted by Gasteiger charge is -2.25. The highest BCUT2D eigenvalue weighted by atomic mass is 16.2. The van der Waals surface area contributed by atoms with Crippen LogP contribution in [0.15, 0.2) is 0 Å². The minimum absolute atomic E-state index is 0.209. The molecule has 0 aromatic rings. The van der Waals surface area contributed by atoms with Gasteiger partial charge in [-0.1, -0.05) is 19.3 Å². The molecule has 2 heterocycles. The molecule has 4 heteroatoms. The zero-order valence-corrected chi connectivity index (χ0v) is 12.4. The number of carbonyl (C=O) groups excluding carboxylic acids is 1. The highest BCUT2D eigenvalue weighted by molar-refractivity contribution is 5.78. The van der Waals surface area contributed by atoms with Crippen molar-refractivity contribution in [3.8, 4) is 0 Å². The fourth-order valence-corrected chi connectivity index (χ4v) is 3.20. The second-order valence-electron chi connectivity index (χ2n) is 6.12. The zero-order chi connectivity index (χ0) is 13.5. The molecule has 0 radical (unpaired) electrons. The predicted octanol–water partition coefficient (Wildman–Crippen LogP) is 1.46. The molecular weight excluding hydrogens is 238 g/mol. The van der Waals surface area contributed by atoms with Crippen LogP contribution in [0.4, 0.5) is 0 Å². The first-order valence-corrected chi connectivity index (χ1v) is 7.95. The Morgan fingerprint density at radius 1 is 1.05 bits per heavy atom. The summed E-state index contributed by atoms with van der Waals surface area (Å²) in [4.78, 5) is 16.7. The van der Waals surface area contributed by atoms with Crippen molar-refractivity contribution in [2.45, 2.75) is 51.0 Å². The van der Waals surface area contributed by atoms with Crippen molar-refractivity contribution < 1.29 is 4.79 Å². The molecule has 2 fully saturated rings. The van der Waals surface area contributed by atoms with E-state index in [1.807, 2.05) is 0 Å². The van der Waals surface area contributed by atoms with Crippen molar-refractivity contribution in [2.24, 2.45) is 0 Å². The first-order chi connectivity index (χ1) is 9.25. The van der Waals surface area contributed by atoms with E-state index in [0.29, 0.717) is 12.6 Å². The van der Waals surface area contributed by atoms with E-state index < -0.39 is 0 Å². The highest BCUT2D eigenvalue weighted by Crippen LogP contribution is 2.13. The number of hydrogen-bond acceptors (Lipinski definition) is 3. The number of amides is 1. The first-order valence-electron chi connectivity index (χ1n) is 7.95. The van der Waals surface area contributed by atoms with Gasteiger partial charge in [0, 0.05) is 12.6 Å². The fraction of sp³-hybridized carbons (Fsp3) is 0.933. The lowest BCUT2D eigenvalue weighted by molar-refractivity contribution is -0.122. The Bertz CT molecular complexity index is 275. The molecule has 0 spiro atoms. The molecule has 0 saturated carbocycles. The highest BCUT2D eigenvalue weighted by Gasteiger charge is 2.21. The number of nitrogens with zero attached hydrogens (tertiary/aromatic N) is 2. The molecule has 4 nitrogen and oxygen atoms in total. The Labute approximate surface area is 117 Å². The first kappa shape index (κ1) is 14.8. The van der Waals surface area contributed by atoms with Crippen LogP contribution >= 0.6 is 0 Å². The minimum atomic E-state index is 0.209. The van der Waals surface area contributed by atoms with Crippen molar-refractivity contribution in [2.75, 3.05) is 39.8 Å². The van der Waals surface area contributed by atoms with Gasteiger partial charge in [-0.25, -0.2) is 0 Å². The van der Waals surface area contributed by atoms with E-state index in [1.165, 1.54) is 51.5 Å². The van der Waals surface area contributed by atoms with Crippen molar-refractivity contribution >= 4 is 5.91 Å². The normalized spacial score (nSPS) is 26.9. The van der Waals surface area contributed by atoms with Gasteiger partial charge in [0.15, 0.2) is 0 Å². The van der Waals surface area contributed by atoms with Crippen LogP contribution in [0, 0.1) is 0 Å². The molecule has 1 N–H and O–H groups in total. The molecular formula is C15H29N3O. The van der Waals surface area contributed by atoms with E-state index in [1.54, 1.807) is 0 Å². The maximum Gasteiger partial charge on any atom is 0.234 e. The molecule has 0 bridgehead atoms. The average Bonchev–Trinajstić information content (AvgIpc) is 2.76. The number of likely N-dealkylation sites (tertiary alicyclic amines) is 2. The summed E-state index contributed by atoms with van der Waals surface area (Å²) in [5.74, 6) is 0.209. The number of hydrogen-bond donors (Lipinski definition) is 1. The van der Waals surface area contributed by atoms with E-state index in [-0.39, 0.29) is 5.91 Å². The van der Waals surface area contributed by atoms with Crippen molar-refractivity contribution in [1.29, 1.82) is 0 Å².